The molecule has 1 N–H and O–H groups in total. The van der Waals surface area contributed by atoms with E-state index in [0.717, 1.165) is 16.1 Å². The molecule has 1 aromatic carbocycles. The number of hydrogen-bond acceptors (Lipinski definition) is 4. The van der Waals surface area contributed by atoms with E-state index in [0.29, 0.717) is 11.9 Å². The second kappa shape index (κ2) is 4.49. The minimum Gasteiger partial charge on any atom is -0.408 e. The van der Waals surface area contributed by atoms with Crippen molar-refractivity contribution in [1.82, 2.24) is 10.2 Å². The number of nitrogens with one attached hydrogen (secondary N) is 1. The van der Waals surface area contributed by atoms with Gasteiger partial charge in [0.05, 0.1) is 0 Å². The summed E-state index contributed by atoms with van der Waals surface area (Å²) in [5, 5.41) is 11.2. The smallest absolute Gasteiger partial charge is 0.320 e. The summed E-state index contributed by atoms with van der Waals surface area (Å²) in [6.07, 6.45) is 3.60. The molecule has 1 heterocycles. The van der Waals surface area contributed by atoms with Gasteiger partial charge in [-0.25, -0.2) is 0 Å². The minimum absolute atomic E-state index is 0.467. The predicted molar refractivity (Wildman–Crippen MR) is 68.3 cm³/mol. The van der Waals surface area contributed by atoms with Crippen LogP contribution in [-0.4, -0.2) is 10.2 Å². The fourth-order valence-electron chi connectivity index (χ4n) is 1.76. The van der Waals surface area contributed by atoms with Crippen molar-refractivity contribution in [2.75, 3.05) is 5.32 Å². The predicted octanol–water partition coefficient (Wildman–Crippen LogP) is 3.84. The second-order valence-electron chi connectivity index (χ2n) is 4.21. The first kappa shape index (κ1) is 10.8. The molecule has 3 rings (SSSR count). The second-order valence-corrected chi connectivity index (χ2v) is 5.12. The van der Waals surface area contributed by atoms with Gasteiger partial charge in [0.15, 0.2) is 0 Å². The molecule has 0 saturated heterocycles. The molecule has 5 heteroatoms. The van der Waals surface area contributed by atoms with E-state index in [9.17, 15) is 0 Å². The van der Waals surface area contributed by atoms with Crippen molar-refractivity contribution in [3.8, 4) is 0 Å². The van der Waals surface area contributed by atoms with Crippen molar-refractivity contribution in [2.45, 2.75) is 25.2 Å². The van der Waals surface area contributed by atoms with Crippen LogP contribution in [0.3, 0.4) is 0 Å². The molecule has 0 unspecified atom stereocenters. The van der Waals surface area contributed by atoms with Gasteiger partial charge in [0.1, 0.15) is 0 Å². The third-order valence-corrected chi connectivity index (χ3v) is 3.52. The number of anilines is 2. The number of hydrogen-bond donors (Lipinski definition) is 1. The number of halogens is 1. The highest BCUT2D eigenvalue weighted by Gasteiger charge is 2.25. The van der Waals surface area contributed by atoms with Crippen molar-refractivity contribution >= 4 is 27.6 Å². The maximum absolute atomic E-state index is 5.58. The van der Waals surface area contributed by atoms with Crippen molar-refractivity contribution in [2.24, 2.45) is 0 Å². The molecular formula is C12H12BrN3O. The van der Waals surface area contributed by atoms with Gasteiger partial charge >= 0.3 is 6.01 Å². The third-order valence-electron chi connectivity index (χ3n) is 2.99. The summed E-state index contributed by atoms with van der Waals surface area (Å²) >= 11 is 3.39. The summed E-state index contributed by atoms with van der Waals surface area (Å²) in [6, 6.07) is 8.31. The molecule has 1 aliphatic carbocycles. The quantitative estimate of drug-likeness (QED) is 0.934. The molecular weight excluding hydrogens is 282 g/mol. The van der Waals surface area contributed by atoms with E-state index in [1.165, 1.54) is 19.3 Å². The lowest BCUT2D eigenvalue weighted by molar-refractivity contribution is 0.339. The Balaban J connectivity index is 1.72. The Hall–Kier alpha value is -1.36. The van der Waals surface area contributed by atoms with Gasteiger partial charge < -0.3 is 9.73 Å². The molecule has 4 nitrogen and oxygen atoms in total. The first-order chi connectivity index (χ1) is 8.31. The van der Waals surface area contributed by atoms with E-state index in [1.807, 2.05) is 24.3 Å². The lowest BCUT2D eigenvalue weighted by atomic mass is 9.85. The zero-order chi connectivity index (χ0) is 11.7. The Labute approximate surface area is 108 Å². The summed E-state index contributed by atoms with van der Waals surface area (Å²) in [5.41, 5.74) is 0.942. The van der Waals surface area contributed by atoms with Crippen LogP contribution in [-0.2, 0) is 0 Å². The van der Waals surface area contributed by atoms with E-state index in [2.05, 4.69) is 31.4 Å². The molecule has 17 heavy (non-hydrogen) atoms. The zero-order valence-corrected chi connectivity index (χ0v) is 10.8. The summed E-state index contributed by atoms with van der Waals surface area (Å²) in [4.78, 5) is 0. The summed E-state index contributed by atoms with van der Waals surface area (Å²) in [6.45, 7) is 0. The van der Waals surface area contributed by atoms with Crippen LogP contribution >= 0.6 is 15.9 Å². The van der Waals surface area contributed by atoms with E-state index >= 15 is 0 Å². The van der Waals surface area contributed by atoms with E-state index < -0.39 is 0 Å². The topological polar surface area (TPSA) is 51.0 Å². The molecule has 1 saturated carbocycles. The summed E-state index contributed by atoms with van der Waals surface area (Å²) < 4.78 is 6.62. The molecule has 2 aromatic rings. The zero-order valence-electron chi connectivity index (χ0n) is 9.19. The first-order valence-corrected chi connectivity index (χ1v) is 6.46. The van der Waals surface area contributed by atoms with Gasteiger partial charge in [-0.2, -0.15) is 0 Å². The number of aromatic nitrogens is 2. The lowest BCUT2D eigenvalue weighted by Crippen LogP contribution is -2.08. The fraction of sp³-hybridized carbons (Fsp3) is 0.333. The molecule has 0 atom stereocenters. The highest BCUT2D eigenvalue weighted by Crippen LogP contribution is 2.36. The Bertz CT molecular complexity index is 505. The van der Waals surface area contributed by atoms with Gasteiger partial charge in [0.2, 0.25) is 5.89 Å². The maximum Gasteiger partial charge on any atom is 0.320 e. The molecule has 0 aliphatic heterocycles. The van der Waals surface area contributed by atoms with Crippen LogP contribution in [0.5, 0.6) is 0 Å². The highest BCUT2D eigenvalue weighted by atomic mass is 79.9. The average molecular weight is 294 g/mol. The highest BCUT2D eigenvalue weighted by molar-refractivity contribution is 9.10. The van der Waals surface area contributed by atoms with Crippen molar-refractivity contribution in [1.29, 1.82) is 0 Å². The van der Waals surface area contributed by atoms with Gasteiger partial charge in [0.25, 0.3) is 0 Å². The molecule has 88 valence electrons. The molecule has 0 bridgehead atoms. The largest absolute Gasteiger partial charge is 0.408 e. The molecule has 0 amide bonds. The van der Waals surface area contributed by atoms with Crippen LogP contribution in [0.25, 0.3) is 0 Å². The Morgan fingerprint density at radius 1 is 1.18 bits per heavy atom. The molecule has 1 fully saturated rings. The van der Waals surface area contributed by atoms with Crippen molar-refractivity contribution in [3.05, 3.63) is 34.6 Å². The normalized spacial score (nSPS) is 15.6. The minimum atomic E-state index is 0.467. The molecule has 0 radical (unpaired) electrons. The maximum atomic E-state index is 5.58. The molecule has 0 spiro atoms. The average Bonchev–Trinajstić information content (AvgIpc) is 2.67. The van der Waals surface area contributed by atoms with Crippen LogP contribution in [0.15, 0.2) is 33.2 Å². The Kier molecular flexibility index (Phi) is 2.84. The molecule has 1 aliphatic rings. The molecule has 1 aromatic heterocycles. The summed E-state index contributed by atoms with van der Waals surface area (Å²) in [7, 11) is 0. The van der Waals surface area contributed by atoms with Gasteiger partial charge in [0, 0.05) is 16.1 Å². The standard InChI is InChI=1S/C12H12BrN3O/c13-9-4-6-10(7-5-9)14-12-16-15-11(17-12)8-2-1-3-8/h4-8H,1-3H2,(H,14,16). The van der Waals surface area contributed by atoms with Crippen molar-refractivity contribution < 1.29 is 4.42 Å². The van der Waals surface area contributed by atoms with Gasteiger partial charge in [-0.15, -0.1) is 5.10 Å². The number of nitrogens with zero attached hydrogens (tertiary/aromatic N) is 2. The van der Waals surface area contributed by atoms with Crippen molar-refractivity contribution in [3.63, 3.8) is 0 Å². The SMILES string of the molecule is Brc1ccc(Nc2nnc(C3CCC3)o2)cc1. The lowest BCUT2D eigenvalue weighted by Gasteiger charge is -2.20. The van der Waals surface area contributed by atoms with E-state index in [4.69, 9.17) is 4.42 Å². The van der Waals surface area contributed by atoms with Crippen LogP contribution in [0.4, 0.5) is 11.7 Å². The van der Waals surface area contributed by atoms with Gasteiger partial charge in [-0.3, -0.25) is 0 Å². The van der Waals surface area contributed by atoms with Crippen LogP contribution in [0, 0.1) is 0 Å². The van der Waals surface area contributed by atoms with Gasteiger partial charge in [-0.05, 0) is 37.1 Å². The van der Waals surface area contributed by atoms with Crippen LogP contribution in [0.1, 0.15) is 31.1 Å². The first-order valence-electron chi connectivity index (χ1n) is 5.67. The van der Waals surface area contributed by atoms with Crippen LogP contribution in [0.2, 0.25) is 0 Å². The van der Waals surface area contributed by atoms with E-state index in [-0.39, 0.29) is 0 Å². The monoisotopic (exact) mass is 293 g/mol. The fourth-order valence-corrected chi connectivity index (χ4v) is 2.03. The van der Waals surface area contributed by atoms with Gasteiger partial charge in [-0.1, -0.05) is 27.4 Å². The Morgan fingerprint density at radius 2 is 1.94 bits per heavy atom. The Morgan fingerprint density at radius 3 is 2.59 bits per heavy atom. The van der Waals surface area contributed by atoms with E-state index in [1.54, 1.807) is 0 Å². The third kappa shape index (κ3) is 2.34. The summed E-state index contributed by atoms with van der Waals surface area (Å²) in [5.74, 6) is 1.24. The number of rotatable bonds is 3. The number of benzene rings is 1. The van der Waals surface area contributed by atoms with Crippen LogP contribution < -0.4 is 5.32 Å².